The second kappa shape index (κ2) is 5.27. The predicted molar refractivity (Wildman–Crippen MR) is 67.4 cm³/mol. The maximum absolute atomic E-state index is 12.1. The van der Waals surface area contributed by atoms with E-state index in [0.29, 0.717) is 18.1 Å². The van der Waals surface area contributed by atoms with Crippen LogP contribution in [0.2, 0.25) is 0 Å². The fraction of sp³-hybridized carbons (Fsp3) is 0.929. The molecule has 4 heteroatoms. The van der Waals surface area contributed by atoms with Crippen molar-refractivity contribution in [2.45, 2.75) is 37.7 Å². The van der Waals surface area contributed by atoms with E-state index in [1.54, 1.807) is 0 Å². The molecular weight excluding hydrogens is 230 g/mol. The van der Waals surface area contributed by atoms with Crippen LogP contribution in [0.25, 0.3) is 0 Å². The average Bonchev–Trinajstić information content (AvgIpc) is 2.40. The van der Waals surface area contributed by atoms with E-state index in [2.05, 4.69) is 5.32 Å². The minimum Gasteiger partial charge on any atom is -0.381 e. The Balaban J connectivity index is 1.67. The highest BCUT2D eigenvalue weighted by atomic mass is 16.5. The number of Topliss-reactive ketones (excluding diaryl/α,β-unsaturated/α-hetero) is 1. The first-order valence-electron chi connectivity index (χ1n) is 7.24. The van der Waals surface area contributed by atoms with E-state index in [1.807, 2.05) is 0 Å². The number of nitrogens with one attached hydrogen (secondary N) is 1. The highest BCUT2D eigenvalue weighted by Gasteiger charge is 2.43. The van der Waals surface area contributed by atoms with Crippen molar-refractivity contribution in [2.24, 2.45) is 11.8 Å². The largest absolute Gasteiger partial charge is 0.381 e. The van der Waals surface area contributed by atoms with Gasteiger partial charge in [0.2, 0.25) is 0 Å². The molecule has 0 aromatic rings. The fourth-order valence-corrected chi connectivity index (χ4v) is 3.70. The summed E-state index contributed by atoms with van der Waals surface area (Å²) in [5.41, 5.74) is 0.0128. The number of hydrogen-bond acceptors (Lipinski definition) is 4. The Kier molecular flexibility index (Phi) is 3.68. The van der Waals surface area contributed by atoms with Crippen LogP contribution in [0.5, 0.6) is 0 Å². The second-order valence-electron chi connectivity index (χ2n) is 5.92. The summed E-state index contributed by atoms with van der Waals surface area (Å²) in [5, 5.41) is 3.37. The Morgan fingerprint density at radius 3 is 2.83 bits per heavy atom. The van der Waals surface area contributed by atoms with Crippen LogP contribution >= 0.6 is 0 Å². The zero-order valence-electron chi connectivity index (χ0n) is 11.0. The van der Waals surface area contributed by atoms with E-state index in [9.17, 15) is 4.79 Å². The highest BCUT2D eigenvalue weighted by molar-refractivity contribution is 5.82. The lowest BCUT2D eigenvalue weighted by molar-refractivity contribution is -0.156. The van der Waals surface area contributed by atoms with Gasteiger partial charge in [0.1, 0.15) is 5.78 Å². The van der Waals surface area contributed by atoms with Crippen LogP contribution in [0.15, 0.2) is 0 Å². The third-order valence-corrected chi connectivity index (χ3v) is 4.83. The Bertz CT molecular complexity index is 307. The van der Waals surface area contributed by atoms with Crippen molar-refractivity contribution in [1.29, 1.82) is 0 Å². The molecule has 2 atom stereocenters. The SMILES string of the molecule is O=C1CCNCC1C1CCOC2(CCOCC2)C1. The molecule has 3 heterocycles. The van der Waals surface area contributed by atoms with Crippen LogP contribution < -0.4 is 5.32 Å². The van der Waals surface area contributed by atoms with Crippen molar-refractivity contribution in [3.8, 4) is 0 Å². The van der Waals surface area contributed by atoms with Gasteiger partial charge in [0.15, 0.2) is 0 Å². The summed E-state index contributed by atoms with van der Waals surface area (Å²) in [4.78, 5) is 12.1. The predicted octanol–water partition coefficient (Wildman–Crippen LogP) is 1.14. The number of hydrogen-bond donors (Lipinski definition) is 1. The minimum absolute atomic E-state index is 0.0128. The molecule has 3 aliphatic rings. The van der Waals surface area contributed by atoms with Gasteiger partial charge in [0, 0.05) is 45.2 Å². The summed E-state index contributed by atoms with van der Waals surface area (Å²) in [5.74, 6) is 1.20. The number of carbonyl (C=O) groups excluding carboxylic acids is 1. The lowest BCUT2D eigenvalue weighted by atomic mass is 9.73. The maximum atomic E-state index is 12.1. The fourth-order valence-electron chi connectivity index (χ4n) is 3.70. The van der Waals surface area contributed by atoms with Crippen LogP contribution in [0.4, 0.5) is 0 Å². The van der Waals surface area contributed by atoms with Crippen molar-refractivity contribution < 1.29 is 14.3 Å². The van der Waals surface area contributed by atoms with E-state index < -0.39 is 0 Å². The molecule has 0 bridgehead atoms. The molecule has 1 spiro atoms. The second-order valence-corrected chi connectivity index (χ2v) is 5.92. The number of carbonyl (C=O) groups is 1. The third-order valence-electron chi connectivity index (χ3n) is 4.83. The maximum Gasteiger partial charge on any atom is 0.138 e. The first-order chi connectivity index (χ1) is 8.79. The van der Waals surface area contributed by atoms with E-state index in [4.69, 9.17) is 9.47 Å². The number of ketones is 1. The molecule has 0 aromatic carbocycles. The van der Waals surface area contributed by atoms with E-state index in [0.717, 1.165) is 58.6 Å². The summed E-state index contributed by atoms with van der Waals surface area (Å²) >= 11 is 0. The molecule has 0 radical (unpaired) electrons. The minimum atomic E-state index is 0.0128. The van der Waals surface area contributed by atoms with Crippen LogP contribution in [0, 0.1) is 11.8 Å². The van der Waals surface area contributed by atoms with E-state index in [1.165, 1.54) is 0 Å². The molecule has 3 aliphatic heterocycles. The monoisotopic (exact) mass is 253 g/mol. The summed E-state index contributed by atoms with van der Waals surface area (Å²) < 4.78 is 11.5. The first kappa shape index (κ1) is 12.6. The van der Waals surface area contributed by atoms with Gasteiger partial charge >= 0.3 is 0 Å². The van der Waals surface area contributed by atoms with Gasteiger partial charge in [-0.3, -0.25) is 4.79 Å². The topological polar surface area (TPSA) is 47.6 Å². The molecule has 4 nitrogen and oxygen atoms in total. The van der Waals surface area contributed by atoms with Crippen molar-refractivity contribution in [2.75, 3.05) is 32.9 Å². The summed E-state index contributed by atoms with van der Waals surface area (Å²) in [6.07, 6.45) is 4.79. The molecule has 0 aliphatic carbocycles. The van der Waals surface area contributed by atoms with Crippen LogP contribution in [0.3, 0.4) is 0 Å². The number of ether oxygens (including phenoxy) is 2. The average molecular weight is 253 g/mol. The lowest BCUT2D eigenvalue weighted by Gasteiger charge is -2.45. The van der Waals surface area contributed by atoms with Gasteiger partial charge < -0.3 is 14.8 Å². The van der Waals surface area contributed by atoms with Gasteiger partial charge in [-0.2, -0.15) is 0 Å². The van der Waals surface area contributed by atoms with Crippen molar-refractivity contribution in [3.05, 3.63) is 0 Å². The summed E-state index contributed by atoms with van der Waals surface area (Å²) in [6, 6.07) is 0. The molecule has 1 N–H and O–H groups in total. The lowest BCUT2D eigenvalue weighted by Crippen LogP contribution is -2.49. The van der Waals surface area contributed by atoms with E-state index >= 15 is 0 Å². The van der Waals surface area contributed by atoms with Crippen LogP contribution in [-0.4, -0.2) is 44.3 Å². The van der Waals surface area contributed by atoms with Crippen molar-refractivity contribution >= 4 is 5.78 Å². The molecule has 0 saturated carbocycles. The number of piperidine rings is 1. The normalized spacial score (nSPS) is 36.8. The first-order valence-corrected chi connectivity index (χ1v) is 7.24. The van der Waals surface area contributed by atoms with Crippen LogP contribution in [0.1, 0.15) is 32.1 Å². The Labute approximate surface area is 108 Å². The molecule has 3 fully saturated rings. The Morgan fingerprint density at radius 2 is 2.06 bits per heavy atom. The van der Waals surface area contributed by atoms with Crippen molar-refractivity contribution in [3.63, 3.8) is 0 Å². The van der Waals surface area contributed by atoms with Gasteiger partial charge in [-0.05, 0) is 31.6 Å². The molecule has 2 unspecified atom stereocenters. The van der Waals surface area contributed by atoms with Crippen molar-refractivity contribution in [1.82, 2.24) is 5.32 Å². The molecule has 102 valence electrons. The smallest absolute Gasteiger partial charge is 0.138 e. The molecular formula is C14H23NO3. The molecule has 0 amide bonds. The quantitative estimate of drug-likeness (QED) is 0.761. The third kappa shape index (κ3) is 2.46. The Hall–Kier alpha value is -0.450. The molecule has 3 saturated heterocycles. The highest BCUT2D eigenvalue weighted by Crippen LogP contribution is 2.40. The molecule has 18 heavy (non-hydrogen) atoms. The summed E-state index contributed by atoms with van der Waals surface area (Å²) in [6.45, 7) is 4.16. The van der Waals surface area contributed by atoms with Gasteiger partial charge in [-0.25, -0.2) is 0 Å². The summed E-state index contributed by atoms with van der Waals surface area (Å²) in [7, 11) is 0. The molecule has 0 aromatic heterocycles. The zero-order chi connectivity index (χ0) is 12.4. The van der Waals surface area contributed by atoms with Crippen LogP contribution in [-0.2, 0) is 14.3 Å². The molecule has 3 rings (SSSR count). The van der Waals surface area contributed by atoms with Gasteiger partial charge in [0.25, 0.3) is 0 Å². The number of rotatable bonds is 1. The van der Waals surface area contributed by atoms with Gasteiger partial charge in [0.05, 0.1) is 5.60 Å². The zero-order valence-corrected chi connectivity index (χ0v) is 11.0. The standard InChI is InChI=1S/C14H23NO3/c16-13-1-5-15-10-12(13)11-2-6-18-14(9-11)3-7-17-8-4-14/h11-12,15H,1-10H2. The van der Waals surface area contributed by atoms with Gasteiger partial charge in [-0.1, -0.05) is 0 Å². The van der Waals surface area contributed by atoms with E-state index in [-0.39, 0.29) is 11.5 Å². The van der Waals surface area contributed by atoms with Gasteiger partial charge in [-0.15, -0.1) is 0 Å². The Morgan fingerprint density at radius 1 is 1.22 bits per heavy atom.